The smallest absolute Gasteiger partial charge is 0.316 e. The Morgan fingerprint density at radius 2 is 1.58 bits per heavy atom. The molecule has 2 saturated heterocycles. The number of ether oxygens (including phenoxy) is 1. The number of esters is 1. The number of hydrogen-bond acceptors (Lipinski definition) is 5. The quantitative estimate of drug-likeness (QED) is 0.312. The minimum atomic E-state index is -0.557. The highest BCUT2D eigenvalue weighted by Crippen LogP contribution is 2.40. The number of para-hydroxylation sites is 1. The first-order valence-corrected chi connectivity index (χ1v) is 11.1. The van der Waals surface area contributed by atoms with Gasteiger partial charge >= 0.3 is 5.97 Å². The molecule has 3 atom stereocenters. The number of nitrogens with zero attached hydrogens (tertiary/aromatic N) is 2. The number of amides is 3. The maximum absolute atomic E-state index is 12.9. The molecule has 0 N–H and O–H groups in total. The van der Waals surface area contributed by atoms with Gasteiger partial charge < -0.3 is 9.64 Å². The third-order valence-electron chi connectivity index (χ3n) is 6.66. The van der Waals surface area contributed by atoms with Gasteiger partial charge in [0.1, 0.15) is 5.75 Å². The van der Waals surface area contributed by atoms with Crippen molar-refractivity contribution in [2.75, 3.05) is 16.3 Å². The molecule has 5 rings (SSSR count). The molecule has 0 radical (unpaired) electrons. The van der Waals surface area contributed by atoms with Gasteiger partial charge in [-0.2, -0.15) is 0 Å². The summed E-state index contributed by atoms with van der Waals surface area (Å²) in [5.74, 6) is -1.79. The number of anilines is 2. The molecule has 7 heteroatoms. The molecule has 0 aromatic heterocycles. The first-order chi connectivity index (χ1) is 15.9. The highest BCUT2D eigenvalue weighted by molar-refractivity contribution is 6.22. The van der Waals surface area contributed by atoms with Crippen LogP contribution in [0.1, 0.15) is 26.2 Å². The monoisotopic (exact) mass is 444 g/mol. The highest BCUT2D eigenvalue weighted by atomic mass is 16.5. The standard InChI is InChI=1S/C26H24N2O5/c1-16-7-12-21-22(13-16)25(31)28(24(21)30)19-8-10-20(11-9-19)33-26(32)17-14-23(29)27(15-17)18-5-3-2-4-6-18/h2-11,17,21-22H,12-15H2,1H3/t17-,21+,22-/m1/s1. The van der Waals surface area contributed by atoms with Gasteiger partial charge in [-0.15, -0.1) is 0 Å². The van der Waals surface area contributed by atoms with E-state index >= 15 is 0 Å². The van der Waals surface area contributed by atoms with Gasteiger partial charge in [0.25, 0.3) is 0 Å². The lowest BCUT2D eigenvalue weighted by Crippen LogP contribution is -2.30. The van der Waals surface area contributed by atoms with E-state index in [0.29, 0.717) is 24.3 Å². The first kappa shape index (κ1) is 21.1. The summed E-state index contributed by atoms with van der Waals surface area (Å²) in [6.45, 7) is 2.25. The number of rotatable bonds is 4. The van der Waals surface area contributed by atoms with Crippen molar-refractivity contribution in [3.8, 4) is 5.75 Å². The third-order valence-corrected chi connectivity index (χ3v) is 6.66. The minimum Gasteiger partial charge on any atom is -0.426 e. The summed E-state index contributed by atoms with van der Waals surface area (Å²) >= 11 is 0. The van der Waals surface area contributed by atoms with Gasteiger partial charge in [-0.25, -0.2) is 0 Å². The lowest BCUT2D eigenvalue weighted by atomic mass is 9.82. The lowest BCUT2D eigenvalue weighted by molar-refractivity contribution is -0.139. The van der Waals surface area contributed by atoms with Crippen molar-refractivity contribution >= 4 is 35.1 Å². The Balaban J connectivity index is 1.24. The molecule has 0 bridgehead atoms. The van der Waals surface area contributed by atoms with E-state index in [4.69, 9.17) is 4.74 Å². The minimum absolute atomic E-state index is 0.0961. The van der Waals surface area contributed by atoms with Crippen LogP contribution in [0.25, 0.3) is 0 Å². The SMILES string of the molecule is CC1=CC[C@@H]2C(=O)N(c3ccc(OC(=O)[C@@H]4CC(=O)N(c5ccccc5)C4)cc3)C(=O)[C@@H]2C1. The zero-order chi connectivity index (χ0) is 23.1. The van der Waals surface area contributed by atoms with Gasteiger partial charge in [-0.05, 0) is 56.2 Å². The van der Waals surface area contributed by atoms with Crippen molar-refractivity contribution in [1.29, 1.82) is 0 Å². The van der Waals surface area contributed by atoms with Crippen molar-refractivity contribution < 1.29 is 23.9 Å². The second-order valence-corrected chi connectivity index (χ2v) is 8.87. The Labute approximate surface area is 191 Å². The van der Waals surface area contributed by atoms with Crippen molar-refractivity contribution in [2.24, 2.45) is 17.8 Å². The zero-order valence-corrected chi connectivity index (χ0v) is 18.3. The number of imide groups is 1. The lowest BCUT2D eigenvalue weighted by Gasteiger charge is -2.18. The summed E-state index contributed by atoms with van der Waals surface area (Å²) in [6, 6.07) is 15.6. The van der Waals surface area contributed by atoms with Crippen LogP contribution >= 0.6 is 0 Å². The Kier molecular flexibility index (Phi) is 5.32. The average Bonchev–Trinajstić information content (AvgIpc) is 3.32. The molecule has 33 heavy (non-hydrogen) atoms. The molecular weight excluding hydrogens is 420 g/mol. The zero-order valence-electron chi connectivity index (χ0n) is 18.3. The fourth-order valence-corrected chi connectivity index (χ4v) is 4.88. The highest BCUT2D eigenvalue weighted by Gasteiger charge is 2.48. The van der Waals surface area contributed by atoms with Gasteiger partial charge in [0.15, 0.2) is 0 Å². The molecule has 3 aliphatic rings. The Morgan fingerprint density at radius 1 is 0.879 bits per heavy atom. The van der Waals surface area contributed by atoms with Crippen LogP contribution in [0, 0.1) is 17.8 Å². The van der Waals surface area contributed by atoms with E-state index in [1.165, 1.54) is 4.90 Å². The summed E-state index contributed by atoms with van der Waals surface area (Å²) in [6.07, 6.45) is 3.33. The van der Waals surface area contributed by atoms with E-state index in [9.17, 15) is 19.2 Å². The van der Waals surface area contributed by atoms with E-state index < -0.39 is 11.9 Å². The van der Waals surface area contributed by atoms with E-state index in [1.54, 1.807) is 29.2 Å². The van der Waals surface area contributed by atoms with E-state index in [0.717, 1.165) is 11.3 Å². The van der Waals surface area contributed by atoms with Crippen LogP contribution in [0.15, 0.2) is 66.2 Å². The first-order valence-electron chi connectivity index (χ1n) is 11.1. The molecule has 2 heterocycles. The molecule has 2 aromatic carbocycles. The molecule has 0 spiro atoms. The maximum Gasteiger partial charge on any atom is 0.316 e. The van der Waals surface area contributed by atoms with Crippen LogP contribution in [0.3, 0.4) is 0 Å². The van der Waals surface area contributed by atoms with Crippen LogP contribution in [0.4, 0.5) is 11.4 Å². The molecule has 7 nitrogen and oxygen atoms in total. The van der Waals surface area contributed by atoms with Gasteiger partial charge in [0.05, 0.1) is 23.4 Å². The van der Waals surface area contributed by atoms with E-state index in [-0.39, 0.29) is 42.5 Å². The molecule has 0 saturated carbocycles. The van der Waals surface area contributed by atoms with Gasteiger partial charge in [-0.3, -0.25) is 24.1 Å². The van der Waals surface area contributed by atoms with Crippen molar-refractivity contribution in [2.45, 2.75) is 26.2 Å². The number of fused-ring (bicyclic) bond motifs is 1. The van der Waals surface area contributed by atoms with Gasteiger partial charge in [0.2, 0.25) is 17.7 Å². The van der Waals surface area contributed by atoms with E-state index in [1.807, 2.05) is 43.3 Å². The topological polar surface area (TPSA) is 84.0 Å². The summed E-state index contributed by atoms with van der Waals surface area (Å²) in [5.41, 5.74) is 2.37. The molecule has 2 fully saturated rings. The van der Waals surface area contributed by atoms with Crippen molar-refractivity contribution in [1.82, 2.24) is 0 Å². The van der Waals surface area contributed by atoms with Crippen molar-refractivity contribution in [3.05, 3.63) is 66.2 Å². The largest absolute Gasteiger partial charge is 0.426 e. The Bertz CT molecular complexity index is 1150. The predicted molar refractivity (Wildman–Crippen MR) is 121 cm³/mol. The number of carbonyl (C=O) groups is 4. The summed E-state index contributed by atoms with van der Waals surface area (Å²) < 4.78 is 5.50. The van der Waals surface area contributed by atoms with Crippen LogP contribution in [-0.4, -0.2) is 30.2 Å². The molecule has 1 aliphatic carbocycles. The van der Waals surface area contributed by atoms with Crippen molar-refractivity contribution in [3.63, 3.8) is 0 Å². The molecule has 2 aromatic rings. The fourth-order valence-electron chi connectivity index (χ4n) is 4.88. The number of benzene rings is 2. The van der Waals surface area contributed by atoms with Crippen LogP contribution in [-0.2, 0) is 19.2 Å². The van der Waals surface area contributed by atoms with E-state index in [2.05, 4.69) is 0 Å². The summed E-state index contributed by atoms with van der Waals surface area (Å²) in [5, 5.41) is 0. The molecular formula is C26H24N2O5. The molecule has 2 aliphatic heterocycles. The summed E-state index contributed by atoms with van der Waals surface area (Å²) in [4.78, 5) is 53.6. The molecule has 3 amide bonds. The number of hydrogen-bond donors (Lipinski definition) is 0. The normalized spacial score (nSPS) is 24.7. The second kappa shape index (κ2) is 8.31. The fraction of sp³-hybridized carbons (Fsp3) is 0.308. The molecule has 168 valence electrons. The average molecular weight is 444 g/mol. The summed E-state index contributed by atoms with van der Waals surface area (Å²) in [7, 11) is 0. The maximum atomic E-state index is 12.9. The van der Waals surface area contributed by atoms with Gasteiger partial charge in [0, 0.05) is 18.7 Å². The van der Waals surface area contributed by atoms with Crippen LogP contribution < -0.4 is 14.5 Å². The molecule has 0 unspecified atom stereocenters. The predicted octanol–water partition coefficient (Wildman–Crippen LogP) is 3.49. The third kappa shape index (κ3) is 3.84. The van der Waals surface area contributed by atoms with Gasteiger partial charge in [-0.1, -0.05) is 29.8 Å². The second-order valence-electron chi connectivity index (χ2n) is 8.87. The number of carbonyl (C=O) groups excluding carboxylic acids is 4. The number of allylic oxidation sites excluding steroid dienone is 2. The Morgan fingerprint density at radius 3 is 2.30 bits per heavy atom. The van der Waals surface area contributed by atoms with Crippen LogP contribution in [0.5, 0.6) is 5.75 Å². The Hall–Kier alpha value is -3.74. The van der Waals surface area contributed by atoms with Crippen LogP contribution in [0.2, 0.25) is 0 Å².